The number of oxazole rings is 1. The lowest BCUT2D eigenvalue weighted by Crippen LogP contribution is -2.29. The molecule has 2 atom stereocenters. The summed E-state index contributed by atoms with van der Waals surface area (Å²) in [6.45, 7) is 0.432. The normalized spacial score (nSPS) is 15.9. The summed E-state index contributed by atoms with van der Waals surface area (Å²) in [5.41, 5.74) is 5.09. The van der Waals surface area contributed by atoms with Crippen LogP contribution in [0, 0.1) is 17.2 Å². The number of carboxylic acid groups (broad SMARTS) is 1. The van der Waals surface area contributed by atoms with Gasteiger partial charge in [0.15, 0.2) is 5.58 Å². The van der Waals surface area contributed by atoms with Gasteiger partial charge in [0.05, 0.1) is 24.0 Å². The second-order valence-electron chi connectivity index (χ2n) is 11.0. The standard InChI is InChI=1S/C35H29N5O5/c1-39(32(41)18-22-10-15-30-31(17-22)45-35(38-30)37-26-9-5-6-23(16-26)19-36)27-13-11-24(12-14-27)28-20-40(21-29(28)34(43)44)33(42)25-7-3-2-4-8-25/h2-17,28-29H,18,20-21H2,1H3,(H,37,38)(H,43,44). The number of anilines is 3. The van der Waals surface area contributed by atoms with Crippen LogP contribution in [0.5, 0.6) is 0 Å². The zero-order valence-corrected chi connectivity index (χ0v) is 24.4. The monoisotopic (exact) mass is 599 g/mol. The molecule has 5 aromatic rings. The number of carbonyl (C=O) groups excluding carboxylic acids is 2. The number of aromatic nitrogens is 1. The lowest BCUT2D eigenvalue weighted by atomic mass is 9.89. The third-order valence-corrected chi connectivity index (χ3v) is 8.08. The number of nitrogens with one attached hydrogen (secondary N) is 1. The molecule has 224 valence electrons. The van der Waals surface area contributed by atoms with Crippen molar-refractivity contribution >= 4 is 46.3 Å². The summed E-state index contributed by atoms with van der Waals surface area (Å²) in [6, 6.07) is 30.9. The number of benzene rings is 4. The van der Waals surface area contributed by atoms with Crippen LogP contribution in [0.15, 0.2) is 101 Å². The third kappa shape index (κ3) is 6.24. The van der Waals surface area contributed by atoms with E-state index >= 15 is 0 Å². The summed E-state index contributed by atoms with van der Waals surface area (Å²) < 4.78 is 5.85. The molecule has 45 heavy (non-hydrogen) atoms. The Hall–Kier alpha value is -5.95. The molecule has 0 radical (unpaired) electrons. The Morgan fingerprint density at radius 2 is 1.78 bits per heavy atom. The molecule has 2 N–H and O–H groups in total. The Morgan fingerprint density at radius 3 is 2.51 bits per heavy atom. The fourth-order valence-electron chi connectivity index (χ4n) is 5.63. The van der Waals surface area contributed by atoms with Gasteiger partial charge in [0, 0.05) is 43.0 Å². The number of rotatable bonds is 8. The second kappa shape index (κ2) is 12.3. The maximum absolute atomic E-state index is 13.2. The third-order valence-electron chi connectivity index (χ3n) is 8.08. The Kier molecular flexibility index (Phi) is 7.99. The van der Waals surface area contributed by atoms with Crippen molar-refractivity contribution < 1.29 is 23.9 Å². The predicted octanol–water partition coefficient (Wildman–Crippen LogP) is 5.59. The van der Waals surface area contributed by atoms with Crippen LogP contribution in [-0.2, 0) is 16.0 Å². The number of nitriles is 1. The van der Waals surface area contributed by atoms with Crippen LogP contribution in [0.2, 0.25) is 0 Å². The molecule has 1 aromatic heterocycles. The maximum atomic E-state index is 13.2. The van der Waals surface area contributed by atoms with Crippen LogP contribution in [0.3, 0.4) is 0 Å². The van der Waals surface area contributed by atoms with Gasteiger partial charge in [-0.25, -0.2) is 0 Å². The van der Waals surface area contributed by atoms with E-state index in [2.05, 4.69) is 16.4 Å². The number of fused-ring (bicyclic) bond motifs is 1. The molecule has 2 heterocycles. The Labute approximate surface area is 259 Å². The van der Waals surface area contributed by atoms with Crippen molar-refractivity contribution in [2.24, 2.45) is 5.92 Å². The highest BCUT2D eigenvalue weighted by Gasteiger charge is 2.40. The highest BCUT2D eigenvalue weighted by Crippen LogP contribution is 2.35. The number of likely N-dealkylation sites (tertiary alicyclic amines) is 1. The molecule has 1 saturated heterocycles. The van der Waals surface area contributed by atoms with E-state index in [1.807, 2.05) is 30.3 Å². The lowest BCUT2D eigenvalue weighted by molar-refractivity contribution is -0.141. The Balaban J connectivity index is 1.11. The van der Waals surface area contributed by atoms with Crippen LogP contribution >= 0.6 is 0 Å². The van der Waals surface area contributed by atoms with Gasteiger partial charge in [0.25, 0.3) is 11.9 Å². The molecule has 0 aliphatic carbocycles. The van der Waals surface area contributed by atoms with Gasteiger partial charge in [-0.2, -0.15) is 10.2 Å². The number of amides is 2. The van der Waals surface area contributed by atoms with Crippen LogP contribution in [-0.4, -0.2) is 52.9 Å². The van der Waals surface area contributed by atoms with E-state index < -0.39 is 11.9 Å². The van der Waals surface area contributed by atoms with Gasteiger partial charge in [-0.3, -0.25) is 14.4 Å². The molecule has 1 aliphatic rings. The number of likely N-dealkylation sites (N-methyl/N-ethyl adjacent to an activating group) is 1. The number of aliphatic carboxylic acids is 1. The van der Waals surface area contributed by atoms with Gasteiger partial charge in [-0.05, 0) is 65.7 Å². The molecule has 0 saturated carbocycles. The molecule has 6 rings (SSSR count). The van der Waals surface area contributed by atoms with Crippen LogP contribution in [0.25, 0.3) is 11.1 Å². The molecule has 1 fully saturated rings. The average molecular weight is 600 g/mol. The molecule has 1 aliphatic heterocycles. The minimum absolute atomic E-state index is 0.127. The summed E-state index contributed by atoms with van der Waals surface area (Å²) in [5, 5.41) is 22.1. The quantitative estimate of drug-likeness (QED) is 0.235. The Morgan fingerprint density at radius 1 is 1.00 bits per heavy atom. The molecule has 2 unspecified atom stereocenters. The van der Waals surface area contributed by atoms with E-state index in [0.29, 0.717) is 40.1 Å². The van der Waals surface area contributed by atoms with Crippen LogP contribution in [0.4, 0.5) is 17.4 Å². The topological polar surface area (TPSA) is 140 Å². The van der Waals surface area contributed by atoms with Crippen LogP contribution in [0.1, 0.15) is 33.0 Å². The zero-order chi connectivity index (χ0) is 31.5. The smallest absolute Gasteiger partial charge is 0.308 e. The van der Waals surface area contributed by atoms with E-state index in [1.54, 1.807) is 83.6 Å². The summed E-state index contributed by atoms with van der Waals surface area (Å²) in [4.78, 5) is 45.9. The van der Waals surface area contributed by atoms with Crippen molar-refractivity contribution in [1.29, 1.82) is 5.26 Å². The first-order valence-corrected chi connectivity index (χ1v) is 14.4. The van der Waals surface area contributed by atoms with Gasteiger partial charge in [-0.15, -0.1) is 0 Å². The lowest BCUT2D eigenvalue weighted by Gasteiger charge is -2.20. The molecule has 4 aromatic carbocycles. The fourth-order valence-corrected chi connectivity index (χ4v) is 5.63. The molecule has 10 heteroatoms. The first-order chi connectivity index (χ1) is 21.8. The van der Waals surface area contributed by atoms with Crippen molar-refractivity contribution in [3.8, 4) is 6.07 Å². The number of carboxylic acids is 1. The SMILES string of the molecule is CN(C(=O)Cc1ccc2nc(Nc3cccc(C#N)c3)oc2c1)c1ccc(C2CN(C(=O)c3ccccc3)CC2C(=O)O)cc1. The highest BCUT2D eigenvalue weighted by molar-refractivity contribution is 5.95. The first kappa shape index (κ1) is 29.1. The molecule has 10 nitrogen and oxygen atoms in total. The number of nitrogens with zero attached hydrogens (tertiary/aromatic N) is 4. The minimum atomic E-state index is -0.945. The van der Waals surface area contributed by atoms with E-state index in [9.17, 15) is 19.5 Å². The predicted molar refractivity (Wildman–Crippen MR) is 168 cm³/mol. The fraction of sp³-hybridized carbons (Fsp3) is 0.171. The van der Waals surface area contributed by atoms with Gasteiger partial charge in [-0.1, -0.05) is 42.5 Å². The molecule has 0 bridgehead atoms. The van der Waals surface area contributed by atoms with Crippen molar-refractivity contribution in [2.45, 2.75) is 12.3 Å². The Bertz CT molecular complexity index is 1930. The summed E-state index contributed by atoms with van der Waals surface area (Å²) in [5.74, 6) is -2.37. The van der Waals surface area contributed by atoms with E-state index in [0.717, 1.165) is 11.1 Å². The van der Waals surface area contributed by atoms with E-state index in [1.165, 1.54) is 0 Å². The molecular weight excluding hydrogens is 570 g/mol. The largest absolute Gasteiger partial charge is 0.481 e. The summed E-state index contributed by atoms with van der Waals surface area (Å²) in [6.07, 6.45) is 0.127. The average Bonchev–Trinajstić information content (AvgIpc) is 3.69. The number of hydrogen-bond acceptors (Lipinski definition) is 7. The van der Waals surface area contributed by atoms with Crippen molar-refractivity contribution in [3.63, 3.8) is 0 Å². The summed E-state index contributed by atoms with van der Waals surface area (Å²) in [7, 11) is 1.69. The van der Waals surface area contributed by atoms with Gasteiger partial charge in [0.2, 0.25) is 5.91 Å². The van der Waals surface area contributed by atoms with Gasteiger partial charge < -0.3 is 24.6 Å². The van der Waals surface area contributed by atoms with E-state index in [4.69, 9.17) is 9.68 Å². The zero-order valence-electron chi connectivity index (χ0n) is 24.4. The highest BCUT2D eigenvalue weighted by atomic mass is 16.4. The molecule has 0 spiro atoms. The molecular formula is C35H29N5O5. The summed E-state index contributed by atoms with van der Waals surface area (Å²) >= 11 is 0. The van der Waals surface area contributed by atoms with Crippen molar-refractivity contribution in [2.75, 3.05) is 30.4 Å². The number of hydrogen-bond donors (Lipinski definition) is 2. The van der Waals surface area contributed by atoms with Crippen molar-refractivity contribution in [1.82, 2.24) is 9.88 Å². The van der Waals surface area contributed by atoms with E-state index in [-0.39, 0.29) is 36.7 Å². The molecule has 2 amide bonds. The van der Waals surface area contributed by atoms with Crippen LogP contribution < -0.4 is 10.2 Å². The van der Waals surface area contributed by atoms with Gasteiger partial charge >= 0.3 is 5.97 Å². The van der Waals surface area contributed by atoms with Crippen molar-refractivity contribution in [3.05, 3.63) is 119 Å². The minimum Gasteiger partial charge on any atom is -0.481 e. The van der Waals surface area contributed by atoms with Gasteiger partial charge in [0.1, 0.15) is 5.52 Å². The first-order valence-electron chi connectivity index (χ1n) is 14.4. The number of carbonyl (C=O) groups is 3. The maximum Gasteiger partial charge on any atom is 0.308 e. The second-order valence-corrected chi connectivity index (χ2v) is 11.0.